The highest BCUT2D eigenvalue weighted by molar-refractivity contribution is 5.94. The van der Waals surface area contributed by atoms with Crippen molar-refractivity contribution in [1.82, 2.24) is 19.0 Å². The Morgan fingerprint density at radius 1 is 1.04 bits per heavy atom. The van der Waals surface area contributed by atoms with E-state index in [1.165, 1.54) is 24.7 Å². The van der Waals surface area contributed by atoms with Crippen LogP contribution < -0.4 is 11.2 Å². The minimum absolute atomic E-state index is 0.145. The summed E-state index contributed by atoms with van der Waals surface area (Å²) in [5.41, 5.74) is 0.479. The Balaban J connectivity index is 2.04. The zero-order valence-electron chi connectivity index (χ0n) is 15.1. The van der Waals surface area contributed by atoms with Gasteiger partial charge in [-0.25, -0.2) is 9.78 Å². The van der Waals surface area contributed by atoms with Crippen LogP contribution in [0, 0.1) is 0 Å². The third-order valence-electron chi connectivity index (χ3n) is 4.70. The van der Waals surface area contributed by atoms with Crippen molar-refractivity contribution in [3.05, 3.63) is 74.6 Å². The van der Waals surface area contributed by atoms with Crippen LogP contribution in [-0.4, -0.2) is 32.0 Å². The predicted molar refractivity (Wildman–Crippen MR) is 99.2 cm³/mol. The van der Waals surface area contributed by atoms with Gasteiger partial charge in [0.15, 0.2) is 0 Å². The highest BCUT2D eigenvalue weighted by Gasteiger charge is 2.21. The first-order valence-electron chi connectivity index (χ1n) is 8.21. The van der Waals surface area contributed by atoms with Gasteiger partial charge in [0.25, 0.3) is 11.5 Å². The van der Waals surface area contributed by atoms with E-state index in [0.29, 0.717) is 5.39 Å². The highest BCUT2D eigenvalue weighted by Crippen LogP contribution is 2.20. The fourth-order valence-electron chi connectivity index (χ4n) is 2.88. The van der Waals surface area contributed by atoms with Crippen molar-refractivity contribution in [3.63, 3.8) is 0 Å². The third-order valence-corrected chi connectivity index (χ3v) is 4.70. The molecule has 1 atom stereocenters. The van der Waals surface area contributed by atoms with Gasteiger partial charge in [-0.05, 0) is 24.6 Å². The van der Waals surface area contributed by atoms with E-state index in [1.54, 1.807) is 18.0 Å². The maximum absolute atomic E-state index is 12.8. The summed E-state index contributed by atoms with van der Waals surface area (Å²) in [6.07, 6.45) is 0. The van der Waals surface area contributed by atoms with Crippen LogP contribution in [0.3, 0.4) is 0 Å². The predicted octanol–water partition coefficient (Wildman–Crippen LogP) is 1.47. The molecule has 3 rings (SSSR count). The Bertz CT molecular complexity index is 1100. The van der Waals surface area contributed by atoms with Gasteiger partial charge in [0, 0.05) is 21.1 Å². The van der Waals surface area contributed by atoms with Crippen molar-refractivity contribution in [2.45, 2.75) is 13.0 Å². The summed E-state index contributed by atoms with van der Waals surface area (Å²) < 4.78 is 2.29. The topological polar surface area (TPSA) is 77.2 Å². The molecule has 0 aliphatic rings. The quantitative estimate of drug-likeness (QED) is 0.715. The second kappa shape index (κ2) is 6.59. The van der Waals surface area contributed by atoms with Crippen LogP contribution in [0.4, 0.5) is 0 Å². The fourth-order valence-corrected chi connectivity index (χ4v) is 2.88. The summed E-state index contributed by atoms with van der Waals surface area (Å²) in [4.78, 5) is 43.0. The van der Waals surface area contributed by atoms with E-state index in [-0.39, 0.29) is 23.3 Å². The average molecular weight is 352 g/mol. The lowest BCUT2D eigenvalue weighted by Crippen LogP contribution is -2.37. The van der Waals surface area contributed by atoms with Gasteiger partial charge < -0.3 is 4.90 Å². The van der Waals surface area contributed by atoms with E-state index in [1.807, 2.05) is 37.3 Å². The fraction of sp³-hybridized carbons (Fsp3) is 0.263. The normalized spacial score (nSPS) is 12.2. The van der Waals surface area contributed by atoms with Gasteiger partial charge in [-0.3, -0.25) is 18.7 Å². The molecule has 26 heavy (non-hydrogen) atoms. The first-order chi connectivity index (χ1) is 12.3. The van der Waals surface area contributed by atoms with Gasteiger partial charge in [-0.1, -0.05) is 30.3 Å². The Kier molecular flexibility index (Phi) is 4.46. The van der Waals surface area contributed by atoms with Gasteiger partial charge in [-0.2, -0.15) is 0 Å². The molecular formula is C19H20N4O3. The standard InChI is InChI=1S/C19H20N4O3/c1-12(13-8-6-5-7-9-13)21(2)18(25)15-11-10-14-16(20-15)22(3)19(26)23(4)17(14)24/h5-12H,1-4H3. The number of aryl methyl sites for hydroxylation is 1. The number of nitrogens with zero attached hydrogens (tertiary/aromatic N) is 4. The summed E-state index contributed by atoms with van der Waals surface area (Å²) in [6.45, 7) is 1.93. The molecule has 0 spiro atoms. The number of fused-ring (bicyclic) bond motifs is 1. The first-order valence-corrected chi connectivity index (χ1v) is 8.21. The number of amides is 1. The van der Waals surface area contributed by atoms with Crippen LogP contribution in [0.15, 0.2) is 52.1 Å². The van der Waals surface area contributed by atoms with E-state index < -0.39 is 11.2 Å². The Morgan fingerprint density at radius 2 is 1.69 bits per heavy atom. The van der Waals surface area contributed by atoms with Gasteiger partial charge in [0.2, 0.25) is 0 Å². The van der Waals surface area contributed by atoms with Gasteiger partial charge in [0.05, 0.1) is 11.4 Å². The van der Waals surface area contributed by atoms with E-state index in [9.17, 15) is 14.4 Å². The molecule has 0 aliphatic carbocycles. The lowest BCUT2D eigenvalue weighted by Gasteiger charge is -2.25. The number of aromatic nitrogens is 3. The Morgan fingerprint density at radius 3 is 2.35 bits per heavy atom. The summed E-state index contributed by atoms with van der Waals surface area (Å²) in [5.74, 6) is -0.281. The molecule has 2 aromatic heterocycles. The van der Waals surface area contributed by atoms with Gasteiger partial charge in [0.1, 0.15) is 11.3 Å². The molecule has 0 fully saturated rings. The molecule has 3 aromatic rings. The molecule has 7 heteroatoms. The zero-order chi connectivity index (χ0) is 19.0. The van der Waals surface area contributed by atoms with Crippen molar-refractivity contribution in [2.75, 3.05) is 7.05 Å². The summed E-state index contributed by atoms with van der Waals surface area (Å²) >= 11 is 0. The van der Waals surface area contributed by atoms with Gasteiger partial charge in [-0.15, -0.1) is 0 Å². The lowest BCUT2D eigenvalue weighted by molar-refractivity contribution is 0.0737. The number of carbonyl (C=O) groups excluding carboxylic acids is 1. The maximum atomic E-state index is 12.8. The second-order valence-electron chi connectivity index (χ2n) is 6.28. The second-order valence-corrected chi connectivity index (χ2v) is 6.28. The van der Waals surface area contributed by atoms with Crippen molar-refractivity contribution in [1.29, 1.82) is 0 Å². The van der Waals surface area contributed by atoms with Crippen LogP contribution in [0.5, 0.6) is 0 Å². The van der Waals surface area contributed by atoms with Crippen molar-refractivity contribution in [2.24, 2.45) is 14.1 Å². The SMILES string of the molecule is CC(c1ccccc1)N(C)C(=O)c1ccc2c(=O)n(C)c(=O)n(C)c2n1. The zero-order valence-corrected chi connectivity index (χ0v) is 15.1. The third kappa shape index (κ3) is 2.81. The monoisotopic (exact) mass is 352 g/mol. The lowest BCUT2D eigenvalue weighted by atomic mass is 10.1. The molecular weight excluding hydrogens is 332 g/mol. The van der Waals surface area contributed by atoms with Crippen LogP contribution in [0.1, 0.15) is 29.0 Å². The molecule has 2 heterocycles. The van der Waals surface area contributed by atoms with Crippen LogP contribution >= 0.6 is 0 Å². The molecule has 1 unspecified atom stereocenters. The molecule has 0 bridgehead atoms. The average Bonchev–Trinajstić information content (AvgIpc) is 2.69. The van der Waals surface area contributed by atoms with Crippen molar-refractivity contribution in [3.8, 4) is 0 Å². The number of hydrogen-bond donors (Lipinski definition) is 0. The molecule has 0 radical (unpaired) electrons. The van der Waals surface area contributed by atoms with E-state index >= 15 is 0 Å². The molecule has 0 saturated heterocycles. The van der Waals surface area contributed by atoms with E-state index in [4.69, 9.17) is 0 Å². The maximum Gasteiger partial charge on any atom is 0.332 e. The summed E-state index contributed by atoms with van der Waals surface area (Å²) in [5, 5.41) is 0.296. The summed E-state index contributed by atoms with van der Waals surface area (Å²) in [7, 11) is 4.65. The molecule has 0 aliphatic heterocycles. The first kappa shape index (κ1) is 17.6. The van der Waals surface area contributed by atoms with Crippen LogP contribution in [0.25, 0.3) is 11.0 Å². The number of carbonyl (C=O) groups is 1. The highest BCUT2D eigenvalue weighted by atomic mass is 16.2. The summed E-state index contributed by atoms with van der Waals surface area (Å²) in [6, 6.07) is 12.6. The molecule has 1 aromatic carbocycles. The molecule has 0 saturated carbocycles. The molecule has 7 nitrogen and oxygen atoms in total. The van der Waals surface area contributed by atoms with E-state index in [2.05, 4.69) is 4.98 Å². The van der Waals surface area contributed by atoms with Gasteiger partial charge >= 0.3 is 5.69 Å². The molecule has 1 amide bonds. The number of benzene rings is 1. The Labute approximate surface area is 150 Å². The largest absolute Gasteiger partial charge is 0.334 e. The number of hydrogen-bond acceptors (Lipinski definition) is 4. The van der Waals surface area contributed by atoms with Crippen LogP contribution in [0.2, 0.25) is 0 Å². The minimum Gasteiger partial charge on any atom is -0.334 e. The Hall–Kier alpha value is -3.22. The smallest absolute Gasteiger partial charge is 0.332 e. The van der Waals surface area contributed by atoms with Crippen LogP contribution in [-0.2, 0) is 14.1 Å². The number of pyridine rings is 1. The molecule has 0 N–H and O–H groups in total. The minimum atomic E-state index is -0.481. The van der Waals surface area contributed by atoms with E-state index in [0.717, 1.165) is 10.1 Å². The van der Waals surface area contributed by atoms with Crippen molar-refractivity contribution < 1.29 is 4.79 Å². The number of rotatable bonds is 3. The van der Waals surface area contributed by atoms with Crippen molar-refractivity contribution >= 4 is 16.9 Å². The molecule has 134 valence electrons.